The van der Waals surface area contributed by atoms with Crippen LogP contribution < -0.4 is 0 Å². The molecule has 224 valence electrons. The number of aliphatic imine (C=N–C) groups is 2. The maximum atomic E-state index is 10.4. The number of furan rings is 2. The summed E-state index contributed by atoms with van der Waals surface area (Å²) >= 11 is 24.3. The average molecular weight is 676 g/mol. The van der Waals surface area contributed by atoms with Crippen molar-refractivity contribution in [2.75, 3.05) is 0 Å². The molecule has 0 spiro atoms. The molecule has 0 saturated heterocycles. The molecule has 2 aromatic heterocycles. The molecule has 45 heavy (non-hydrogen) atoms. The van der Waals surface area contributed by atoms with Gasteiger partial charge in [0.1, 0.15) is 45.9 Å². The topological polar surface area (TPSA) is 91.5 Å². The van der Waals surface area contributed by atoms with E-state index in [0.29, 0.717) is 60.9 Å². The number of aromatic hydroxyl groups is 2. The zero-order chi connectivity index (χ0) is 31.5. The van der Waals surface area contributed by atoms with Gasteiger partial charge in [-0.2, -0.15) is 0 Å². The third-order valence-electron chi connectivity index (χ3n) is 6.81. The lowest BCUT2D eigenvalue weighted by molar-refractivity contribution is 0.476. The van der Waals surface area contributed by atoms with Crippen LogP contribution in [0, 0.1) is 0 Å². The third-order valence-corrected chi connectivity index (χ3v) is 8.29. The maximum Gasteiger partial charge on any atom is 0.145 e. The second-order valence-corrected chi connectivity index (χ2v) is 11.6. The van der Waals surface area contributed by atoms with Gasteiger partial charge in [-0.1, -0.05) is 58.5 Å². The Morgan fingerprint density at radius 1 is 0.511 bits per heavy atom. The first-order chi connectivity index (χ1) is 21.7. The SMILES string of the molecule is Oc1ccc(Cc2ccc(O)c(N=Cc3ccc(-c4ccc(Cl)c(Cl)c4)o3)c2)cc1N=Cc1ccc(-c2ccc(Cl)c(Cl)c2)o1. The van der Waals surface area contributed by atoms with Crippen molar-refractivity contribution >= 4 is 70.2 Å². The van der Waals surface area contributed by atoms with Crippen LogP contribution in [0.3, 0.4) is 0 Å². The smallest absolute Gasteiger partial charge is 0.145 e. The van der Waals surface area contributed by atoms with Crippen molar-refractivity contribution < 1.29 is 19.0 Å². The van der Waals surface area contributed by atoms with Crippen molar-refractivity contribution in [3.63, 3.8) is 0 Å². The molecule has 6 aromatic rings. The van der Waals surface area contributed by atoms with Crippen LogP contribution in [0.2, 0.25) is 20.1 Å². The summed E-state index contributed by atoms with van der Waals surface area (Å²) in [6.07, 6.45) is 3.58. The maximum absolute atomic E-state index is 10.4. The minimum absolute atomic E-state index is 0.0287. The molecule has 10 heteroatoms. The van der Waals surface area contributed by atoms with Crippen LogP contribution in [-0.2, 0) is 6.42 Å². The van der Waals surface area contributed by atoms with Crippen LogP contribution >= 0.6 is 46.4 Å². The number of benzene rings is 4. The third kappa shape index (κ3) is 7.27. The van der Waals surface area contributed by atoms with E-state index < -0.39 is 0 Å². The van der Waals surface area contributed by atoms with Gasteiger partial charge in [0.2, 0.25) is 0 Å². The molecular formula is C35H22Cl4N2O4. The molecule has 4 aromatic carbocycles. The summed E-state index contributed by atoms with van der Waals surface area (Å²) in [5, 5.41) is 22.7. The van der Waals surface area contributed by atoms with Crippen LogP contribution in [0.5, 0.6) is 11.5 Å². The first kappa shape index (κ1) is 30.6. The highest BCUT2D eigenvalue weighted by Gasteiger charge is 2.10. The van der Waals surface area contributed by atoms with E-state index in [2.05, 4.69) is 9.98 Å². The lowest BCUT2D eigenvalue weighted by atomic mass is 10.0. The van der Waals surface area contributed by atoms with Crippen LogP contribution in [0.15, 0.2) is 116 Å². The second-order valence-electron chi connectivity index (χ2n) is 10.0. The summed E-state index contributed by atoms with van der Waals surface area (Å²) in [4.78, 5) is 8.88. The van der Waals surface area contributed by atoms with E-state index in [-0.39, 0.29) is 11.5 Å². The van der Waals surface area contributed by atoms with E-state index in [0.717, 1.165) is 22.3 Å². The summed E-state index contributed by atoms with van der Waals surface area (Å²) in [6.45, 7) is 0. The molecule has 0 fully saturated rings. The first-order valence-electron chi connectivity index (χ1n) is 13.5. The Kier molecular flexibility index (Phi) is 9.01. The molecule has 0 atom stereocenters. The number of phenolic OH excluding ortho intramolecular Hbond substituents is 2. The molecule has 0 aliphatic heterocycles. The zero-order valence-corrected chi connectivity index (χ0v) is 26.2. The first-order valence-corrected chi connectivity index (χ1v) is 15.1. The molecule has 0 bridgehead atoms. The normalized spacial score (nSPS) is 11.6. The van der Waals surface area contributed by atoms with E-state index in [4.69, 9.17) is 55.2 Å². The van der Waals surface area contributed by atoms with Crippen LogP contribution in [-0.4, -0.2) is 22.6 Å². The van der Waals surface area contributed by atoms with Crippen molar-refractivity contribution in [3.8, 4) is 34.1 Å². The van der Waals surface area contributed by atoms with Gasteiger partial charge >= 0.3 is 0 Å². The van der Waals surface area contributed by atoms with Gasteiger partial charge in [-0.15, -0.1) is 0 Å². The summed E-state index contributed by atoms with van der Waals surface area (Å²) in [7, 11) is 0. The van der Waals surface area contributed by atoms with Gasteiger partial charge in [0.15, 0.2) is 0 Å². The fourth-order valence-corrected chi connectivity index (χ4v) is 5.12. The number of hydrogen-bond donors (Lipinski definition) is 2. The van der Waals surface area contributed by atoms with Crippen LogP contribution in [0.1, 0.15) is 22.6 Å². The van der Waals surface area contributed by atoms with Crippen molar-refractivity contribution in [1.82, 2.24) is 0 Å². The molecule has 0 aliphatic rings. The molecule has 2 N–H and O–H groups in total. The number of halogens is 4. The highest BCUT2D eigenvalue weighted by atomic mass is 35.5. The Hall–Kier alpha value is -4.46. The summed E-state index contributed by atoms with van der Waals surface area (Å²) in [5.41, 5.74) is 4.12. The fraction of sp³-hybridized carbons (Fsp3) is 0.0286. The van der Waals surface area contributed by atoms with Gasteiger partial charge in [-0.3, -0.25) is 0 Å². The number of nitrogens with zero attached hydrogens (tertiary/aromatic N) is 2. The van der Waals surface area contributed by atoms with E-state index in [9.17, 15) is 10.2 Å². The molecule has 0 radical (unpaired) electrons. The van der Waals surface area contributed by atoms with Crippen LogP contribution in [0.25, 0.3) is 22.6 Å². The largest absolute Gasteiger partial charge is 0.506 e. The highest BCUT2D eigenvalue weighted by molar-refractivity contribution is 6.42. The monoisotopic (exact) mass is 674 g/mol. The van der Waals surface area contributed by atoms with E-state index in [1.54, 1.807) is 60.7 Å². The highest BCUT2D eigenvalue weighted by Crippen LogP contribution is 2.33. The van der Waals surface area contributed by atoms with E-state index in [1.165, 1.54) is 12.4 Å². The zero-order valence-electron chi connectivity index (χ0n) is 23.2. The van der Waals surface area contributed by atoms with E-state index in [1.807, 2.05) is 36.4 Å². The Balaban J connectivity index is 1.16. The number of phenols is 2. The summed E-state index contributed by atoms with van der Waals surface area (Å²) < 4.78 is 11.8. The predicted molar refractivity (Wildman–Crippen MR) is 182 cm³/mol. The van der Waals surface area contributed by atoms with Crippen molar-refractivity contribution in [2.24, 2.45) is 9.98 Å². The Morgan fingerprint density at radius 2 is 0.956 bits per heavy atom. The molecule has 6 rings (SSSR count). The van der Waals surface area contributed by atoms with Gasteiger partial charge in [0.25, 0.3) is 0 Å². The van der Waals surface area contributed by atoms with Crippen LogP contribution in [0.4, 0.5) is 11.4 Å². The molecular weight excluding hydrogens is 654 g/mol. The summed E-state index contributed by atoms with van der Waals surface area (Å²) in [6, 6.07) is 28.0. The lowest BCUT2D eigenvalue weighted by Crippen LogP contribution is -1.88. The Labute approximate surface area is 278 Å². The minimum atomic E-state index is 0.0287. The number of rotatable bonds is 8. The lowest BCUT2D eigenvalue weighted by Gasteiger charge is -2.07. The molecule has 6 nitrogen and oxygen atoms in total. The van der Waals surface area contributed by atoms with Crippen molar-refractivity contribution in [1.29, 1.82) is 0 Å². The van der Waals surface area contributed by atoms with E-state index >= 15 is 0 Å². The molecule has 0 aliphatic carbocycles. The summed E-state index contributed by atoms with van der Waals surface area (Å²) in [5.74, 6) is 2.28. The van der Waals surface area contributed by atoms with Crippen molar-refractivity contribution in [3.05, 3.63) is 140 Å². The molecule has 0 amide bonds. The molecule has 0 saturated carbocycles. The number of hydrogen-bond acceptors (Lipinski definition) is 6. The Bertz CT molecular complexity index is 1930. The average Bonchev–Trinajstić information content (AvgIpc) is 3.71. The molecule has 0 unspecified atom stereocenters. The van der Waals surface area contributed by atoms with Gasteiger partial charge in [-0.05, 0) is 102 Å². The van der Waals surface area contributed by atoms with Gasteiger partial charge in [-0.25, -0.2) is 9.98 Å². The standard InChI is InChI=1S/C35H22Cl4N2O4/c36-26-7-3-22(16-28(26)38)34-11-5-24(44-34)18-40-30-14-20(1-9-32(30)42)13-21-2-10-33(43)31(15-21)41-19-25-6-12-35(45-25)23-4-8-27(37)29(39)17-23/h1-12,14-19,42-43H,13H2. The molecule has 2 heterocycles. The Morgan fingerprint density at radius 3 is 1.38 bits per heavy atom. The second kappa shape index (κ2) is 13.3. The van der Waals surface area contributed by atoms with Gasteiger partial charge in [0, 0.05) is 11.1 Å². The quantitative estimate of drug-likeness (QED) is 0.157. The predicted octanol–water partition coefficient (Wildman–Crippen LogP) is 11.3. The van der Waals surface area contributed by atoms with Crippen molar-refractivity contribution in [2.45, 2.75) is 6.42 Å². The minimum Gasteiger partial charge on any atom is -0.506 e. The van der Waals surface area contributed by atoms with Gasteiger partial charge in [0.05, 0.1) is 32.5 Å². The fourth-order valence-electron chi connectivity index (χ4n) is 4.52. The van der Waals surface area contributed by atoms with Gasteiger partial charge < -0.3 is 19.0 Å².